The molecule has 0 atom stereocenters. The molecule has 1 saturated carbocycles. The third kappa shape index (κ3) is 3.50. The number of carboxylic acids is 1. The van der Waals surface area contributed by atoms with Crippen LogP contribution in [-0.2, 0) is 9.59 Å². The SMILES string of the molecule is COc1cc(OCC(=O)NC2(C(=O)O)CCC2)ccc1[N+](=O)[O-]. The lowest BCUT2D eigenvalue weighted by Gasteiger charge is -2.38. The maximum absolute atomic E-state index is 11.8. The summed E-state index contributed by atoms with van der Waals surface area (Å²) in [4.78, 5) is 33.2. The van der Waals surface area contributed by atoms with Crippen molar-refractivity contribution in [2.45, 2.75) is 24.8 Å². The van der Waals surface area contributed by atoms with E-state index in [2.05, 4.69) is 5.32 Å². The molecule has 0 saturated heterocycles. The second kappa shape index (κ2) is 6.51. The summed E-state index contributed by atoms with van der Waals surface area (Å²) in [5, 5.41) is 22.4. The van der Waals surface area contributed by atoms with E-state index in [4.69, 9.17) is 14.6 Å². The number of nitrogens with zero attached hydrogens (tertiary/aromatic N) is 1. The van der Waals surface area contributed by atoms with Crippen molar-refractivity contribution in [1.82, 2.24) is 5.32 Å². The van der Waals surface area contributed by atoms with E-state index in [1.165, 1.54) is 25.3 Å². The van der Waals surface area contributed by atoms with E-state index in [-0.39, 0.29) is 17.2 Å². The lowest BCUT2D eigenvalue weighted by atomic mass is 9.77. The summed E-state index contributed by atoms with van der Waals surface area (Å²) < 4.78 is 10.1. The number of aliphatic carboxylic acids is 1. The van der Waals surface area contributed by atoms with Gasteiger partial charge in [-0.3, -0.25) is 14.9 Å². The second-order valence-corrected chi connectivity index (χ2v) is 5.17. The van der Waals surface area contributed by atoms with Gasteiger partial charge in [0.25, 0.3) is 5.91 Å². The van der Waals surface area contributed by atoms with E-state index in [0.717, 1.165) is 6.42 Å². The Hall–Kier alpha value is -2.84. The molecule has 1 amide bonds. The number of amides is 1. The van der Waals surface area contributed by atoms with Crippen LogP contribution in [0.2, 0.25) is 0 Å². The van der Waals surface area contributed by atoms with Gasteiger partial charge >= 0.3 is 11.7 Å². The highest BCUT2D eigenvalue weighted by atomic mass is 16.6. The van der Waals surface area contributed by atoms with Crippen molar-refractivity contribution in [3.8, 4) is 11.5 Å². The van der Waals surface area contributed by atoms with Crippen molar-refractivity contribution in [2.75, 3.05) is 13.7 Å². The van der Waals surface area contributed by atoms with Gasteiger partial charge in [-0.05, 0) is 25.3 Å². The van der Waals surface area contributed by atoms with E-state index < -0.39 is 28.9 Å². The van der Waals surface area contributed by atoms with Crippen LogP contribution in [0.3, 0.4) is 0 Å². The van der Waals surface area contributed by atoms with Crippen molar-refractivity contribution in [3.63, 3.8) is 0 Å². The fraction of sp³-hybridized carbons (Fsp3) is 0.429. The quantitative estimate of drug-likeness (QED) is 0.567. The number of carbonyl (C=O) groups is 2. The van der Waals surface area contributed by atoms with E-state index in [9.17, 15) is 19.7 Å². The maximum atomic E-state index is 11.8. The summed E-state index contributed by atoms with van der Waals surface area (Å²) in [6.07, 6.45) is 1.52. The molecule has 0 spiro atoms. The number of rotatable bonds is 7. The zero-order valence-corrected chi connectivity index (χ0v) is 12.4. The number of hydrogen-bond donors (Lipinski definition) is 2. The molecule has 23 heavy (non-hydrogen) atoms. The first-order chi connectivity index (χ1) is 10.9. The Morgan fingerprint density at radius 1 is 1.43 bits per heavy atom. The van der Waals surface area contributed by atoms with Gasteiger partial charge in [-0.2, -0.15) is 0 Å². The molecule has 0 heterocycles. The number of ether oxygens (including phenoxy) is 2. The summed E-state index contributed by atoms with van der Waals surface area (Å²) in [5.74, 6) is -1.41. The van der Waals surface area contributed by atoms with Crippen LogP contribution in [0.15, 0.2) is 18.2 Å². The van der Waals surface area contributed by atoms with Crippen LogP contribution >= 0.6 is 0 Å². The van der Waals surface area contributed by atoms with Gasteiger partial charge in [0.1, 0.15) is 11.3 Å². The summed E-state index contributed by atoms with van der Waals surface area (Å²) >= 11 is 0. The van der Waals surface area contributed by atoms with Crippen LogP contribution in [-0.4, -0.2) is 41.2 Å². The monoisotopic (exact) mass is 324 g/mol. The Morgan fingerprint density at radius 2 is 2.13 bits per heavy atom. The average Bonchev–Trinajstić information content (AvgIpc) is 2.47. The summed E-state index contributed by atoms with van der Waals surface area (Å²) in [7, 11) is 1.28. The highest BCUT2D eigenvalue weighted by molar-refractivity contribution is 5.88. The Labute approximate surface area is 131 Å². The highest BCUT2D eigenvalue weighted by Crippen LogP contribution is 2.32. The third-order valence-electron chi connectivity index (χ3n) is 3.71. The molecule has 124 valence electrons. The van der Waals surface area contributed by atoms with Crippen molar-refractivity contribution >= 4 is 17.6 Å². The minimum absolute atomic E-state index is 0.00825. The van der Waals surface area contributed by atoms with Crippen molar-refractivity contribution in [3.05, 3.63) is 28.3 Å². The lowest BCUT2D eigenvalue weighted by Crippen LogP contribution is -2.59. The Kier molecular flexibility index (Phi) is 4.68. The number of nitro groups is 1. The molecular formula is C14H16N2O7. The predicted octanol–water partition coefficient (Wildman–Crippen LogP) is 1.11. The van der Waals surface area contributed by atoms with Crippen molar-refractivity contribution in [1.29, 1.82) is 0 Å². The molecule has 1 fully saturated rings. The van der Waals surface area contributed by atoms with Gasteiger partial charge in [0, 0.05) is 12.1 Å². The molecule has 9 heteroatoms. The largest absolute Gasteiger partial charge is 0.490 e. The molecule has 0 aliphatic heterocycles. The standard InChI is InChI=1S/C14H16N2O7/c1-22-11-7-9(3-4-10(11)16(20)21)23-8-12(17)15-14(13(18)19)5-2-6-14/h3-4,7H,2,5-6,8H2,1H3,(H,15,17)(H,18,19). The highest BCUT2D eigenvalue weighted by Gasteiger charge is 2.45. The Balaban J connectivity index is 1.96. The van der Waals surface area contributed by atoms with Crippen LogP contribution in [0.4, 0.5) is 5.69 Å². The van der Waals surface area contributed by atoms with E-state index in [1.807, 2.05) is 0 Å². The molecule has 1 aromatic rings. The lowest BCUT2D eigenvalue weighted by molar-refractivity contribution is -0.385. The molecule has 0 unspecified atom stereocenters. The van der Waals surface area contributed by atoms with Crippen molar-refractivity contribution in [2.24, 2.45) is 0 Å². The Bertz CT molecular complexity index is 640. The van der Waals surface area contributed by atoms with Gasteiger partial charge in [-0.25, -0.2) is 4.79 Å². The minimum atomic E-state index is -1.20. The fourth-order valence-corrected chi connectivity index (χ4v) is 2.27. The van der Waals surface area contributed by atoms with Crippen LogP contribution in [0, 0.1) is 10.1 Å². The number of methoxy groups -OCH3 is 1. The van der Waals surface area contributed by atoms with E-state index >= 15 is 0 Å². The molecule has 1 aromatic carbocycles. The first kappa shape index (κ1) is 16.5. The number of carbonyl (C=O) groups excluding carboxylic acids is 1. The van der Waals surface area contributed by atoms with Gasteiger partial charge < -0.3 is 19.9 Å². The van der Waals surface area contributed by atoms with Gasteiger partial charge in [0.2, 0.25) is 5.75 Å². The molecular weight excluding hydrogens is 308 g/mol. The van der Waals surface area contributed by atoms with Crippen LogP contribution in [0.5, 0.6) is 11.5 Å². The molecule has 2 N–H and O–H groups in total. The molecule has 1 aliphatic rings. The second-order valence-electron chi connectivity index (χ2n) is 5.17. The normalized spacial score (nSPS) is 15.2. The molecule has 1 aliphatic carbocycles. The van der Waals surface area contributed by atoms with Crippen LogP contribution < -0.4 is 14.8 Å². The molecule has 0 radical (unpaired) electrons. The number of carboxylic acid groups (broad SMARTS) is 1. The van der Waals surface area contributed by atoms with E-state index in [1.54, 1.807) is 0 Å². The van der Waals surface area contributed by atoms with Crippen LogP contribution in [0.1, 0.15) is 19.3 Å². The number of benzene rings is 1. The first-order valence-corrected chi connectivity index (χ1v) is 6.87. The summed E-state index contributed by atoms with van der Waals surface area (Å²) in [6, 6.07) is 3.84. The van der Waals surface area contributed by atoms with Gasteiger partial charge in [0.05, 0.1) is 12.0 Å². The zero-order chi connectivity index (χ0) is 17.0. The molecule has 0 aromatic heterocycles. The molecule has 9 nitrogen and oxygen atoms in total. The molecule has 2 rings (SSSR count). The number of hydrogen-bond acceptors (Lipinski definition) is 6. The van der Waals surface area contributed by atoms with Gasteiger partial charge in [0.15, 0.2) is 6.61 Å². The van der Waals surface area contributed by atoms with Crippen LogP contribution in [0.25, 0.3) is 0 Å². The Morgan fingerprint density at radius 3 is 2.61 bits per heavy atom. The maximum Gasteiger partial charge on any atom is 0.329 e. The van der Waals surface area contributed by atoms with Gasteiger partial charge in [-0.1, -0.05) is 0 Å². The third-order valence-corrected chi connectivity index (χ3v) is 3.71. The molecule has 0 bridgehead atoms. The predicted molar refractivity (Wildman–Crippen MR) is 77.5 cm³/mol. The topological polar surface area (TPSA) is 128 Å². The number of nitro benzene ring substituents is 1. The number of nitrogens with one attached hydrogen (secondary N) is 1. The van der Waals surface area contributed by atoms with Gasteiger partial charge in [-0.15, -0.1) is 0 Å². The zero-order valence-electron chi connectivity index (χ0n) is 12.4. The smallest absolute Gasteiger partial charge is 0.329 e. The fourth-order valence-electron chi connectivity index (χ4n) is 2.27. The summed E-state index contributed by atoms with van der Waals surface area (Å²) in [6.45, 7) is -0.393. The minimum Gasteiger partial charge on any atom is -0.490 e. The summed E-state index contributed by atoms with van der Waals surface area (Å²) in [5.41, 5.74) is -1.42. The first-order valence-electron chi connectivity index (χ1n) is 6.87. The van der Waals surface area contributed by atoms with E-state index in [0.29, 0.717) is 12.8 Å². The van der Waals surface area contributed by atoms with Crippen molar-refractivity contribution < 1.29 is 29.1 Å². The average molecular weight is 324 g/mol.